The van der Waals surface area contributed by atoms with Crippen LogP contribution in [0.4, 0.5) is 5.69 Å². The number of aliphatic hydroxyl groups is 1. The third kappa shape index (κ3) is 3.97. The summed E-state index contributed by atoms with van der Waals surface area (Å²) in [6.07, 6.45) is -0.730. The highest BCUT2D eigenvalue weighted by Gasteiger charge is 2.17. The number of nitro benzene ring substituents is 1. The van der Waals surface area contributed by atoms with Gasteiger partial charge in [0, 0.05) is 16.8 Å². The molecule has 6 heteroatoms. The Bertz CT molecular complexity index is 661. The second-order valence-corrected chi connectivity index (χ2v) is 5.96. The van der Waals surface area contributed by atoms with Crippen LogP contribution in [0.1, 0.15) is 24.2 Å². The van der Waals surface area contributed by atoms with Crippen LogP contribution in [0.5, 0.6) is 0 Å². The van der Waals surface area contributed by atoms with Crippen LogP contribution in [0.3, 0.4) is 0 Å². The molecule has 0 fully saturated rings. The third-order valence-electron chi connectivity index (χ3n) is 3.00. The number of rotatable bonds is 5. The van der Waals surface area contributed by atoms with Crippen LogP contribution in [0.25, 0.3) is 0 Å². The fourth-order valence-corrected chi connectivity index (χ4v) is 3.12. The van der Waals surface area contributed by atoms with Crippen molar-refractivity contribution in [2.24, 2.45) is 0 Å². The Morgan fingerprint density at radius 3 is 2.67 bits per heavy atom. The molecule has 2 rings (SSSR count). The third-order valence-corrected chi connectivity index (χ3v) is 4.48. The first-order valence-corrected chi connectivity index (χ1v) is 7.68. The molecular formula is C15H14ClNO3S. The van der Waals surface area contributed by atoms with E-state index < -0.39 is 11.0 Å². The molecule has 0 aromatic heterocycles. The first-order chi connectivity index (χ1) is 9.99. The lowest BCUT2D eigenvalue weighted by Gasteiger charge is -2.08. The van der Waals surface area contributed by atoms with E-state index in [2.05, 4.69) is 0 Å². The number of halogens is 1. The maximum Gasteiger partial charge on any atom is 0.283 e. The molecular weight excluding hydrogens is 310 g/mol. The normalized spacial score (nSPS) is 12.1. The molecule has 0 aliphatic rings. The Morgan fingerprint density at radius 2 is 2.05 bits per heavy atom. The van der Waals surface area contributed by atoms with Crippen LogP contribution in [0, 0.1) is 10.1 Å². The van der Waals surface area contributed by atoms with Crippen molar-refractivity contribution < 1.29 is 10.0 Å². The summed E-state index contributed by atoms with van der Waals surface area (Å²) in [5.74, 6) is 0.550. The molecule has 0 spiro atoms. The first-order valence-electron chi connectivity index (χ1n) is 6.31. The fourth-order valence-electron chi connectivity index (χ4n) is 1.83. The van der Waals surface area contributed by atoms with Crippen molar-refractivity contribution in [2.45, 2.75) is 23.7 Å². The second-order valence-electron chi connectivity index (χ2n) is 4.54. The van der Waals surface area contributed by atoms with E-state index in [4.69, 9.17) is 11.6 Å². The number of aliphatic hydroxyl groups excluding tert-OH is 1. The van der Waals surface area contributed by atoms with E-state index in [1.54, 1.807) is 25.1 Å². The second kappa shape index (κ2) is 6.93. The van der Waals surface area contributed by atoms with E-state index in [9.17, 15) is 15.2 Å². The number of hydrogen-bond donors (Lipinski definition) is 1. The molecule has 1 atom stereocenters. The van der Waals surface area contributed by atoms with E-state index >= 15 is 0 Å². The lowest BCUT2D eigenvalue weighted by Crippen LogP contribution is -1.96. The summed E-state index contributed by atoms with van der Waals surface area (Å²) in [5.41, 5.74) is 1.47. The van der Waals surface area contributed by atoms with Crippen LogP contribution < -0.4 is 0 Å². The predicted octanol–water partition coefficient (Wildman–Crippen LogP) is 4.59. The zero-order valence-corrected chi connectivity index (χ0v) is 12.9. The Hall–Kier alpha value is -1.56. The van der Waals surface area contributed by atoms with Gasteiger partial charge in [0.15, 0.2) is 0 Å². The van der Waals surface area contributed by atoms with Gasteiger partial charge >= 0.3 is 0 Å². The average molecular weight is 324 g/mol. The van der Waals surface area contributed by atoms with E-state index in [0.29, 0.717) is 21.2 Å². The summed E-state index contributed by atoms with van der Waals surface area (Å²) < 4.78 is 0. The van der Waals surface area contributed by atoms with Crippen molar-refractivity contribution in [3.8, 4) is 0 Å². The van der Waals surface area contributed by atoms with Gasteiger partial charge in [-0.3, -0.25) is 10.1 Å². The minimum atomic E-state index is -0.730. The molecule has 0 saturated carbocycles. The molecule has 0 amide bonds. The van der Waals surface area contributed by atoms with Crippen molar-refractivity contribution in [2.75, 3.05) is 0 Å². The molecule has 0 radical (unpaired) electrons. The summed E-state index contributed by atoms with van der Waals surface area (Å²) in [6.45, 7) is 1.58. The molecule has 0 aliphatic carbocycles. The Balaban J connectivity index is 2.24. The van der Waals surface area contributed by atoms with Gasteiger partial charge in [0.1, 0.15) is 0 Å². The molecule has 2 aromatic carbocycles. The number of thioether (sulfide) groups is 1. The summed E-state index contributed by atoms with van der Waals surface area (Å²) in [7, 11) is 0. The highest BCUT2D eigenvalue weighted by molar-refractivity contribution is 7.98. The number of nitrogens with zero attached hydrogens (tertiary/aromatic N) is 1. The topological polar surface area (TPSA) is 63.4 Å². The van der Waals surface area contributed by atoms with E-state index in [1.807, 2.05) is 18.2 Å². The SMILES string of the molecule is C[C@H](O)c1ccc(SCc2ccccc2Cl)c([N+](=O)[O-])c1. The highest BCUT2D eigenvalue weighted by Crippen LogP contribution is 2.34. The van der Waals surface area contributed by atoms with E-state index in [0.717, 1.165) is 5.56 Å². The van der Waals surface area contributed by atoms with Crippen LogP contribution >= 0.6 is 23.4 Å². The monoisotopic (exact) mass is 323 g/mol. The van der Waals surface area contributed by atoms with Gasteiger partial charge in [0.05, 0.1) is 15.9 Å². The minimum absolute atomic E-state index is 0.00505. The zero-order chi connectivity index (χ0) is 15.4. The van der Waals surface area contributed by atoms with Crippen LogP contribution in [-0.2, 0) is 5.75 Å². The van der Waals surface area contributed by atoms with Gasteiger partial charge in [-0.25, -0.2) is 0 Å². The van der Waals surface area contributed by atoms with E-state index in [-0.39, 0.29) is 5.69 Å². The van der Waals surface area contributed by atoms with Gasteiger partial charge in [0.2, 0.25) is 0 Å². The van der Waals surface area contributed by atoms with Crippen molar-refractivity contribution >= 4 is 29.1 Å². The fraction of sp³-hybridized carbons (Fsp3) is 0.200. The molecule has 110 valence electrons. The first kappa shape index (κ1) is 15.8. The largest absolute Gasteiger partial charge is 0.389 e. The maximum atomic E-state index is 11.2. The molecule has 21 heavy (non-hydrogen) atoms. The van der Waals surface area contributed by atoms with Crippen LogP contribution in [0.15, 0.2) is 47.4 Å². The van der Waals surface area contributed by atoms with Crippen molar-refractivity contribution in [1.29, 1.82) is 0 Å². The summed E-state index contributed by atoms with van der Waals surface area (Å²) in [4.78, 5) is 11.3. The maximum absolute atomic E-state index is 11.2. The lowest BCUT2D eigenvalue weighted by atomic mass is 10.1. The summed E-state index contributed by atoms with van der Waals surface area (Å²) in [6, 6.07) is 12.2. The molecule has 0 aliphatic heterocycles. The smallest absolute Gasteiger partial charge is 0.283 e. The molecule has 0 unspecified atom stereocenters. The molecule has 0 saturated heterocycles. The molecule has 2 aromatic rings. The number of nitro groups is 1. The van der Waals surface area contributed by atoms with Crippen molar-refractivity contribution in [3.63, 3.8) is 0 Å². The number of hydrogen-bond acceptors (Lipinski definition) is 4. The van der Waals surface area contributed by atoms with Gasteiger partial charge in [-0.1, -0.05) is 35.9 Å². The summed E-state index contributed by atoms with van der Waals surface area (Å²) in [5, 5.41) is 21.3. The molecule has 1 N–H and O–H groups in total. The van der Waals surface area contributed by atoms with E-state index in [1.165, 1.54) is 17.8 Å². The average Bonchev–Trinajstić information content (AvgIpc) is 2.46. The highest BCUT2D eigenvalue weighted by atomic mass is 35.5. The predicted molar refractivity (Wildman–Crippen MR) is 84.7 cm³/mol. The van der Waals surface area contributed by atoms with Crippen LogP contribution in [0.2, 0.25) is 5.02 Å². The van der Waals surface area contributed by atoms with Gasteiger partial charge in [-0.05, 0) is 30.2 Å². The van der Waals surface area contributed by atoms with Crippen molar-refractivity contribution in [1.82, 2.24) is 0 Å². The Kier molecular flexibility index (Phi) is 5.22. The molecule has 0 bridgehead atoms. The Morgan fingerprint density at radius 1 is 1.33 bits per heavy atom. The summed E-state index contributed by atoms with van der Waals surface area (Å²) >= 11 is 7.43. The minimum Gasteiger partial charge on any atom is -0.389 e. The lowest BCUT2D eigenvalue weighted by molar-refractivity contribution is -0.387. The standard InChI is InChI=1S/C15H14ClNO3S/c1-10(18)11-6-7-15(14(8-11)17(19)20)21-9-12-4-2-3-5-13(12)16/h2-8,10,18H,9H2,1H3/t10-/m0/s1. The molecule has 4 nitrogen and oxygen atoms in total. The van der Waals surface area contributed by atoms with Gasteiger partial charge in [-0.15, -0.1) is 11.8 Å². The van der Waals surface area contributed by atoms with Crippen LogP contribution in [-0.4, -0.2) is 10.0 Å². The van der Waals surface area contributed by atoms with Gasteiger partial charge < -0.3 is 5.11 Å². The number of benzene rings is 2. The van der Waals surface area contributed by atoms with Gasteiger partial charge in [-0.2, -0.15) is 0 Å². The van der Waals surface area contributed by atoms with Gasteiger partial charge in [0.25, 0.3) is 5.69 Å². The quantitative estimate of drug-likeness (QED) is 0.496. The zero-order valence-electron chi connectivity index (χ0n) is 11.3. The van der Waals surface area contributed by atoms with Crippen molar-refractivity contribution in [3.05, 3.63) is 68.7 Å². The molecule has 0 heterocycles. The Labute approximate surface area is 131 Å².